The Hall–Kier alpha value is -2.20. The van der Waals surface area contributed by atoms with Crippen LogP contribution in [0.25, 0.3) is 0 Å². The first kappa shape index (κ1) is 14.2. The lowest BCUT2D eigenvalue weighted by molar-refractivity contribution is 0.0473. The molecule has 0 aromatic heterocycles. The number of nitrogen functional groups attached to an aromatic ring is 2. The predicted molar refractivity (Wildman–Crippen MR) is 80.6 cm³/mol. The molecule has 20 heavy (non-hydrogen) atoms. The number of hydrogen-bond acceptors (Lipinski definition) is 4. The summed E-state index contributed by atoms with van der Waals surface area (Å²) in [6, 6.07) is 10.2. The van der Waals surface area contributed by atoms with E-state index in [2.05, 4.69) is 0 Å². The molecule has 2 rings (SSSR count). The molecule has 104 valence electrons. The number of halogens is 1. The quantitative estimate of drug-likeness (QED) is 0.672. The number of carbonyl (C=O) groups is 1. The lowest BCUT2D eigenvalue weighted by Gasteiger charge is -2.08. The zero-order chi connectivity index (χ0) is 14.7. The molecule has 0 aliphatic heterocycles. The summed E-state index contributed by atoms with van der Waals surface area (Å²) in [6.07, 6.45) is 0. The molecule has 2 aromatic carbocycles. The van der Waals surface area contributed by atoms with Crippen LogP contribution in [0.2, 0.25) is 5.02 Å². The summed E-state index contributed by atoms with van der Waals surface area (Å²) in [5.74, 6) is -0.486. The van der Waals surface area contributed by atoms with Crippen molar-refractivity contribution in [1.29, 1.82) is 0 Å². The Bertz CT molecular complexity index is 636. The number of rotatable bonds is 3. The lowest BCUT2D eigenvalue weighted by atomic mass is 10.1. The molecule has 0 heterocycles. The Morgan fingerprint density at radius 2 is 1.80 bits per heavy atom. The molecule has 5 heteroatoms. The molecule has 0 radical (unpaired) electrons. The van der Waals surface area contributed by atoms with E-state index in [1.165, 1.54) is 12.1 Å². The normalized spacial score (nSPS) is 10.3. The summed E-state index contributed by atoms with van der Waals surface area (Å²) in [6.45, 7) is 2.05. The van der Waals surface area contributed by atoms with E-state index < -0.39 is 5.97 Å². The highest BCUT2D eigenvalue weighted by Crippen LogP contribution is 2.20. The largest absolute Gasteiger partial charge is 0.457 e. The van der Waals surface area contributed by atoms with Gasteiger partial charge in [-0.25, -0.2) is 4.79 Å². The van der Waals surface area contributed by atoms with Gasteiger partial charge in [0.15, 0.2) is 0 Å². The second-order valence-electron chi connectivity index (χ2n) is 4.56. The van der Waals surface area contributed by atoms with Crippen LogP contribution in [-0.2, 0) is 11.3 Å². The van der Waals surface area contributed by atoms with Gasteiger partial charge in [0.05, 0.1) is 5.56 Å². The predicted octanol–water partition coefficient (Wildman–Crippen LogP) is 3.17. The van der Waals surface area contributed by atoms with Crippen LogP contribution < -0.4 is 11.5 Å². The van der Waals surface area contributed by atoms with Crippen LogP contribution in [0.1, 0.15) is 21.5 Å². The van der Waals surface area contributed by atoms with E-state index in [0.717, 1.165) is 11.1 Å². The van der Waals surface area contributed by atoms with Crippen molar-refractivity contribution in [3.63, 3.8) is 0 Å². The molecule has 4 N–H and O–H groups in total. The maximum atomic E-state index is 11.9. The van der Waals surface area contributed by atoms with Crippen molar-refractivity contribution >= 4 is 28.9 Å². The highest BCUT2D eigenvalue weighted by molar-refractivity contribution is 6.31. The second-order valence-corrected chi connectivity index (χ2v) is 4.97. The van der Waals surface area contributed by atoms with Gasteiger partial charge in [-0.1, -0.05) is 23.7 Å². The number of nitrogens with two attached hydrogens (primary N) is 2. The number of ether oxygens (including phenoxy) is 1. The second kappa shape index (κ2) is 5.84. The SMILES string of the molecule is Cc1ccc(COC(=O)c2cc(N)cc(N)c2)c(Cl)c1. The van der Waals surface area contributed by atoms with Gasteiger partial charge in [-0.3, -0.25) is 0 Å². The summed E-state index contributed by atoms with van der Waals surface area (Å²) >= 11 is 6.08. The molecule has 0 unspecified atom stereocenters. The average Bonchev–Trinajstić information content (AvgIpc) is 2.36. The summed E-state index contributed by atoms with van der Waals surface area (Å²) < 4.78 is 5.21. The van der Waals surface area contributed by atoms with E-state index in [1.807, 2.05) is 25.1 Å². The maximum Gasteiger partial charge on any atom is 0.338 e. The molecule has 0 atom stereocenters. The molecule has 0 amide bonds. The molecule has 0 spiro atoms. The maximum absolute atomic E-state index is 11.9. The molecule has 0 fully saturated rings. The van der Waals surface area contributed by atoms with Crippen molar-refractivity contribution in [3.05, 3.63) is 58.1 Å². The summed E-state index contributed by atoms with van der Waals surface area (Å²) in [5, 5.41) is 0.574. The van der Waals surface area contributed by atoms with Gasteiger partial charge in [0, 0.05) is 22.0 Å². The summed E-state index contributed by atoms with van der Waals surface area (Å²) in [4.78, 5) is 11.9. The summed E-state index contributed by atoms with van der Waals surface area (Å²) in [7, 11) is 0. The van der Waals surface area contributed by atoms with Gasteiger partial charge in [0.2, 0.25) is 0 Å². The van der Waals surface area contributed by atoms with Crippen molar-refractivity contribution < 1.29 is 9.53 Å². The minimum absolute atomic E-state index is 0.104. The third-order valence-corrected chi connectivity index (χ3v) is 3.13. The number of carbonyl (C=O) groups excluding carboxylic acids is 1. The first-order chi connectivity index (χ1) is 9.45. The molecule has 0 saturated heterocycles. The number of benzene rings is 2. The van der Waals surface area contributed by atoms with Gasteiger partial charge in [-0.2, -0.15) is 0 Å². The molecule has 0 bridgehead atoms. The van der Waals surface area contributed by atoms with E-state index in [0.29, 0.717) is 22.0 Å². The Balaban J connectivity index is 2.08. The number of anilines is 2. The van der Waals surface area contributed by atoms with E-state index in [4.69, 9.17) is 27.8 Å². The Kier molecular flexibility index (Phi) is 4.15. The lowest BCUT2D eigenvalue weighted by Crippen LogP contribution is -2.07. The van der Waals surface area contributed by atoms with Crippen LogP contribution in [0.3, 0.4) is 0 Å². The molecule has 0 saturated carbocycles. The van der Waals surface area contributed by atoms with Gasteiger partial charge in [-0.15, -0.1) is 0 Å². The molecule has 4 nitrogen and oxygen atoms in total. The van der Waals surface area contributed by atoms with Crippen LogP contribution in [0.4, 0.5) is 11.4 Å². The van der Waals surface area contributed by atoms with Crippen LogP contribution in [0.5, 0.6) is 0 Å². The van der Waals surface area contributed by atoms with Crippen molar-refractivity contribution in [3.8, 4) is 0 Å². The van der Waals surface area contributed by atoms with Gasteiger partial charge >= 0.3 is 5.97 Å². The fourth-order valence-electron chi connectivity index (χ4n) is 1.79. The zero-order valence-corrected chi connectivity index (χ0v) is 11.8. The van der Waals surface area contributed by atoms with E-state index in [1.54, 1.807) is 6.07 Å². The van der Waals surface area contributed by atoms with Gasteiger partial charge in [-0.05, 0) is 36.8 Å². The first-order valence-electron chi connectivity index (χ1n) is 6.04. The van der Waals surface area contributed by atoms with E-state index in [9.17, 15) is 4.79 Å². The van der Waals surface area contributed by atoms with Crippen molar-refractivity contribution in [2.24, 2.45) is 0 Å². The molecular weight excluding hydrogens is 276 g/mol. The van der Waals surface area contributed by atoms with Crippen LogP contribution >= 0.6 is 11.6 Å². The fraction of sp³-hybridized carbons (Fsp3) is 0.133. The average molecular weight is 291 g/mol. The standard InChI is InChI=1S/C15H15ClN2O2/c1-9-2-3-10(14(16)4-9)8-20-15(19)11-5-12(17)7-13(18)6-11/h2-7H,8,17-18H2,1H3. The smallest absolute Gasteiger partial charge is 0.338 e. The Morgan fingerprint density at radius 1 is 1.15 bits per heavy atom. The number of esters is 1. The van der Waals surface area contributed by atoms with Crippen LogP contribution in [-0.4, -0.2) is 5.97 Å². The monoisotopic (exact) mass is 290 g/mol. The summed E-state index contributed by atoms with van der Waals surface area (Å²) in [5.41, 5.74) is 14.2. The minimum atomic E-state index is -0.486. The molecular formula is C15H15ClN2O2. The zero-order valence-electron chi connectivity index (χ0n) is 11.0. The van der Waals surface area contributed by atoms with E-state index >= 15 is 0 Å². The Morgan fingerprint density at radius 3 is 2.40 bits per heavy atom. The van der Waals surface area contributed by atoms with Gasteiger partial charge in [0.1, 0.15) is 6.61 Å². The fourth-order valence-corrected chi connectivity index (χ4v) is 2.08. The van der Waals surface area contributed by atoms with Crippen molar-refractivity contribution in [1.82, 2.24) is 0 Å². The topological polar surface area (TPSA) is 78.3 Å². The number of aryl methyl sites for hydroxylation is 1. The third-order valence-electron chi connectivity index (χ3n) is 2.78. The number of hydrogen-bond donors (Lipinski definition) is 2. The van der Waals surface area contributed by atoms with E-state index in [-0.39, 0.29) is 6.61 Å². The van der Waals surface area contributed by atoms with Crippen LogP contribution in [0, 0.1) is 6.92 Å². The van der Waals surface area contributed by atoms with Gasteiger partial charge < -0.3 is 16.2 Å². The third kappa shape index (κ3) is 3.42. The molecule has 0 aliphatic rings. The highest BCUT2D eigenvalue weighted by Gasteiger charge is 2.10. The Labute approximate surface area is 122 Å². The van der Waals surface area contributed by atoms with Crippen molar-refractivity contribution in [2.45, 2.75) is 13.5 Å². The molecule has 0 aliphatic carbocycles. The molecule has 2 aromatic rings. The minimum Gasteiger partial charge on any atom is -0.457 e. The van der Waals surface area contributed by atoms with Gasteiger partial charge in [0.25, 0.3) is 0 Å². The van der Waals surface area contributed by atoms with Crippen molar-refractivity contribution in [2.75, 3.05) is 11.5 Å². The van der Waals surface area contributed by atoms with Crippen LogP contribution in [0.15, 0.2) is 36.4 Å². The first-order valence-corrected chi connectivity index (χ1v) is 6.41. The highest BCUT2D eigenvalue weighted by atomic mass is 35.5.